The van der Waals surface area contributed by atoms with Crippen LogP contribution in [0.5, 0.6) is 0 Å². The summed E-state index contributed by atoms with van der Waals surface area (Å²) in [4.78, 5) is 0.138. The Bertz CT molecular complexity index is 595. The number of piperidine rings is 1. The highest BCUT2D eigenvalue weighted by atomic mass is 79.9. The predicted molar refractivity (Wildman–Crippen MR) is 80.5 cm³/mol. The van der Waals surface area contributed by atoms with Crippen molar-refractivity contribution in [2.24, 2.45) is 5.41 Å². The number of hydrogen-bond donors (Lipinski definition) is 0. The fraction of sp³-hybridized carbons (Fsp3) is 0.571. The van der Waals surface area contributed by atoms with Crippen LogP contribution in [-0.2, 0) is 10.0 Å². The fourth-order valence-electron chi connectivity index (χ4n) is 2.44. The molecule has 1 heterocycles. The van der Waals surface area contributed by atoms with Crippen LogP contribution in [0.25, 0.3) is 0 Å². The summed E-state index contributed by atoms with van der Waals surface area (Å²) in [5.74, 6) is -0.451. The van der Waals surface area contributed by atoms with Gasteiger partial charge in [-0.15, -0.1) is 0 Å². The van der Waals surface area contributed by atoms with E-state index in [0.717, 1.165) is 19.3 Å². The Hall–Kier alpha value is -0.460. The summed E-state index contributed by atoms with van der Waals surface area (Å²) in [6.07, 6.45) is 2.78. The SMILES string of the molecule is CCC1(C)CCN(S(=O)(=O)c2ccc(F)cc2Br)CC1. The molecule has 0 N–H and O–H groups in total. The van der Waals surface area contributed by atoms with Crippen LogP contribution < -0.4 is 0 Å². The molecule has 0 amide bonds. The Morgan fingerprint density at radius 3 is 2.45 bits per heavy atom. The van der Waals surface area contributed by atoms with Crippen molar-refractivity contribution in [2.75, 3.05) is 13.1 Å². The van der Waals surface area contributed by atoms with Crippen LogP contribution in [-0.4, -0.2) is 25.8 Å². The first-order valence-corrected chi connectivity index (χ1v) is 8.97. The molecule has 1 saturated heterocycles. The van der Waals surface area contributed by atoms with E-state index >= 15 is 0 Å². The number of rotatable bonds is 3. The van der Waals surface area contributed by atoms with E-state index < -0.39 is 15.8 Å². The van der Waals surface area contributed by atoms with Crippen LogP contribution in [0.1, 0.15) is 33.1 Å². The second-order valence-electron chi connectivity index (χ2n) is 5.64. The van der Waals surface area contributed by atoms with Gasteiger partial charge in [-0.25, -0.2) is 12.8 Å². The van der Waals surface area contributed by atoms with Gasteiger partial charge in [0.25, 0.3) is 0 Å². The van der Waals surface area contributed by atoms with Gasteiger partial charge in [-0.05, 0) is 52.4 Å². The summed E-state index contributed by atoms with van der Waals surface area (Å²) >= 11 is 3.14. The third kappa shape index (κ3) is 3.07. The van der Waals surface area contributed by atoms with Gasteiger partial charge in [0.1, 0.15) is 5.82 Å². The van der Waals surface area contributed by atoms with Crippen molar-refractivity contribution in [3.05, 3.63) is 28.5 Å². The minimum Gasteiger partial charge on any atom is -0.207 e. The number of sulfonamides is 1. The van der Waals surface area contributed by atoms with E-state index in [0.29, 0.717) is 13.1 Å². The van der Waals surface area contributed by atoms with Gasteiger partial charge in [0.15, 0.2) is 0 Å². The molecule has 1 aliphatic rings. The lowest BCUT2D eigenvalue weighted by atomic mass is 9.79. The molecule has 1 aromatic carbocycles. The zero-order valence-electron chi connectivity index (χ0n) is 11.7. The normalized spacial score (nSPS) is 20.0. The van der Waals surface area contributed by atoms with Gasteiger partial charge in [-0.3, -0.25) is 0 Å². The highest BCUT2D eigenvalue weighted by molar-refractivity contribution is 9.10. The monoisotopic (exact) mass is 363 g/mol. The first-order valence-electron chi connectivity index (χ1n) is 6.74. The summed E-state index contributed by atoms with van der Waals surface area (Å²) in [5, 5.41) is 0. The topological polar surface area (TPSA) is 37.4 Å². The van der Waals surface area contributed by atoms with E-state index in [1.54, 1.807) is 0 Å². The van der Waals surface area contributed by atoms with Crippen molar-refractivity contribution >= 4 is 26.0 Å². The van der Waals surface area contributed by atoms with Gasteiger partial charge < -0.3 is 0 Å². The van der Waals surface area contributed by atoms with Gasteiger partial charge in [-0.1, -0.05) is 20.3 Å². The van der Waals surface area contributed by atoms with Crippen molar-refractivity contribution in [3.8, 4) is 0 Å². The molecule has 6 heteroatoms. The van der Waals surface area contributed by atoms with Crippen molar-refractivity contribution in [3.63, 3.8) is 0 Å². The number of nitrogens with zero attached hydrogens (tertiary/aromatic N) is 1. The predicted octanol–water partition coefficient (Wildman–Crippen LogP) is 3.79. The third-order valence-electron chi connectivity index (χ3n) is 4.29. The Labute approximate surface area is 128 Å². The van der Waals surface area contributed by atoms with Crippen molar-refractivity contribution in [2.45, 2.75) is 38.0 Å². The first-order chi connectivity index (χ1) is 9.28. The van der Waals surface area contributed by atoms with E-state index in [1.807, 2.05) is 0 Å². The minimum absolute atomic E-state index is 0.138. The van der Waals surface area contributed by atoms with Crippen molar-refractivity contribution in [1.29, 1.82) is 0 Å². The quantitative estimate of drug-likeness (QED) is 0.819. The maximum atomic E-state index is 13.1. The minimum atomic E-state index is -3.55. The van der Waals surface area contributed by atoms with Crippen LogP contribution in [0.2, 0.25) is 0 Å². The third-order valence-corrected chi connectivity index (χ3v) is 7.17. The van der Waals surface area contributed by atoms with E-state index in [1.165, 1.54) is 22.5 Å². The van der Waals surface area contributed by atoms with Gasteiger partial charge in [0.05, 0.1) is 4.90 Å². The molecule has 1 fully saturated rings. The molecular formula is C14H19BrFNO2S. The molecule has 0 radical (unpaired) electrons. The smallest absolute Gasteiger partial charge is 0.207 e. The van der Waals surface area contributed by atoms with Crippen LogP contribution in [0, 0.1) is 11.2 Å². The second kappa shape index (κ2) is 5.73. The Morgan fingerprint density at radius 2 is 1.95 bits per heavy atom. The highest BCUT2D eigenvalue weighted by Crippen LogP contribution is 2.36. The van der Waals surface area contributed by atoms with E-state index in [-0.39, 0.29) is 14.8 Å². The molecule has 112 valence electrons. The van der Waals surface area contributed by atoms with Gasteiger partial charge in [0.2, 0.25) is 10.0 Å². The Balaban J connectivity index is 2.24. The molecule has 0 saturated carbocycles. The zero-order chi connectivity index (χ0) is 15.0. The van der Waals surface area contributed by atoms with E-state index in [4.69, 9.17) is 0 Å². The molecule has 3 nitrogen and oxygen atoms in total. The molecule has 0 spiro atoms. The molecule has 0 bridgehead atoms. The molecule has 20 heavy (non-hydrogen) atoms. The standard InChI is InChI=1S/C14H19BrFNO2S/c1-3-14(2)6-8-17(9-7-14)20(18,19)13-5-4-11(16)10-12(13)15/h4-5,10H,3,6-9H2,1-2H3. The average molecular weight is 364 g/mol. The van der Waals surface area contributed by atoms with E-state index in [9.17, 15) is 12.8 Å². The lowest BCUT2D eigenvalue weighted by molar-refractivity contribution is 0.169. The van der Waals surface area contributed by atoms with Crippen molar-refractivity contribution in [1.82, 2.24) is 4.31 Å². The summed E-state index contributed by atoms with van der Waals surface area (Å²) in [7, 11) is -3.55. The first kappa shape index (κ1) is 15.9. The number of hydrogen-bond acceptors (Lipinski definition) is 2. The maximum absolute atomic E-state index is 13.1. The molecule has 0 atom stereocenters. The summed E-state index contributed by atoms with van der Waals surface area (Å²) in [6, 6.07) is 3.69. The number of halogens is 2. The molecular weight excluding hydrogens is 345 g/mol. The molecule has 0 aliphatic carbocycles. The molecule has 1 aliphatic heterocycles. The lowest BCUT2D eigenvalue weighted by Gasteiger charge is -2.38. The Morgan fingerprint density at radius 1 is 1.35 bits per heavy atom. The van der Waals surface area contributed by atoms with Crippen LogP contribution in [0.3, 0.4) is 0 Å². The summed E-state index contributed by atoms with van der Waals surface area (Å²) in [6.45, 7) is 5.39. The van der Waals surface area contributed by atoms with Crippen LogP contribution >= 0.6 is 15.9 Å². The molecule has 0 aromatic heterocycles. The zero-order valence-corrected chi connectivity index (χ0v) is 14.1. The molecule has 1 aromatic rings. The van der Waals surface area contributed by atoms with Crippen LogP contribution in [0.15, 0.2) is 27.6 Å². The average Bonchev–Trinajstić information content (AvgIpc) is 2.39. The van der Waals surface area contributed by atoms with Crippen LogP contribution in [0.4, 0.5) is 4.39 Å². The number of benzene rings is 1. The van der Waals surface area contributed by atoms with Gasteiger partial charge >= 0.3 is 0 Å². The molecule has 2 rings (SSSR count). The fourth-order valence-corrected chi connectivity index (χ4v) is 4.89. The highest BCUT2D eigenvalue weighted by Gasteiger charge is 2.35. The van der Waals surface area contributed by atoms with Gasteiger partial charge in [-0.2, -0.15) is 4.31 Å². The Kier molecular flexibility index (Phi) is 4.56. The largest absolute Gasteiger partial charge is 0.244 e. The second-order valence-corrected chi connectivity index (χ2v) is 8.40. The summed E-state index contributed by atoms with van der Waals surface area (Å²) < 4.78 is 40.1. The summed E-state index contributed by atoms with van der Waals surface area (Å²) in [5.41, 5.74) is 0.228. The van der Waals surface area contributed by atoms with Gasteiger partial charge in [0, 0.05) is 17.6 Å². The van der Waals surface area contributed by atoms with E-state index in [2.05, 4.69) is 29.8 Å². The molecule has 0 unspecified atom stereocenters. The maximum Gasteiger partial charge on any atom is 0.244 e. The lowest BCUT2D eigenvalue weighted by Crippen LogP contribution is -2.41. The van der Waals surface area contributed by atoms with Crippen molar-refractivity contribution < 1.29 is 12.8 Å².